The van der Waals surface area contributed by atoms with E-state index in [1.165, 1.54) is 5.56 Å². The number of hydrogen-bond acceptors (Lipinski definition) is 2. The molecule has 0 saturated carbocycles. The monoisotopic (exact) mass is 230 g/mol. The first-order valence-corrected chi connectivity index (χ1v) is 5.40. The van der Waals surface area contributed by atoms with Gasteiger partial charge in [-0.2, -0.15) is 0 Å². The Bertz CT molecular complexity index is 541. The lowest BCUT2D eigenvalue weighted by atomic mass is 10.2. The predicted molar refractivity (Wildman–Crippen MR) is 64.4 cm³/mol. The third-order valence-corrected chi connectivity index (χ3v) is 2.61. The Balaban J connectivity index is 2.46. The van der Waals surface area contributed by atoms with Gasteiger partial charge in [-0.05, 0) is 26.0 Å². The summed E-state index contributed by atoms with van der Waals surface area (Å²) in [5.74, 6) is -0.317. The highest BCUT2D eigenvalue weighted by molar-refractivity contribution is 5.69. The molecule has 1 aromatic carbocycles. The van der Waals surface area contributed by atoms with Crippen LogP contribution in [0.2, 0.25) is 0 Å². The number of aliphatic carboxylic acids is 1. The van der Waals surface area contributed by atoms with E-state index < -0.39 is 5.97 Å². The molecule has 0 atom stereocenters. The minimum Gasteiger partial charge on any atom is -0.481 e. The van der Waals surface area contributed by atoms with E-state index in [4.69, 9.17) is 5.11 Å². The molecule has 0 aliphatic carbocycles. The molecular weight excluding hydrogens is 216 g/mol. The molecule has 0 unspecified atom stereocenters. The second-order valence-electron chi connectivity index (χ2n) is 4.06. The fourth-order valence-electron chi connectivity index (χ4n) is 1.79. The zero-order valence-corrected chi connectivity index (χ0v) is 9.84. The number of aromatic nitrogens is 2. The zero-order valence-electron chi connectivity index (χ0n) is 9.84. The first kappa shape index (κ1) is 11.4. The predicted octanol–water partition coefficient (Wildman–Crippen LogP) is 2.12. The van der Waals surface area contributed by atoms with Gasteiger partial charge in [-0.3, -0.25) is 4.79 Å². The third kappa shape index (κ3) is 2.36. The van der Waals surface area contributed by atoms with Crippen molar-refractivity contribution in [1.82, 2.24) is 9.55 Å². The van der Waals surface area contributed by atoms with Crippen molar-refractivity contribution in [2.45, 2.75) is 20.3 Å². The standard InChI is InChI=1S/C13H14N2O2/c1-9-3-5-11(6-4-9)15-10(2)8-14-12(15)7-13(16)17/h3-6,8H,7H2,1-2H3,(H,16,17). The smallest absolute Gasteiger partial charge is 0.311 e. The first-order chi connectivity index (χ1) is 8.08. The second kappa shape index (κ2) is 4.41. The van der Waals surface area contributed by atoms with Crippen LogP contribution in [-0.4, -0.2) is 20.6 Å². The van der Waals surface area contributed by atoms with Gasteiger partial charge in [-0.15, -0.1) is 0 Å². The van der Waals surface area contributed by atoms with Gasteiger partial charge in [-0.25, -0.2) is 4.98 Å². The van der Waals surface area contributed by atoms with Crippen LogP contribution in [0.15, 0.2) is 30.5 Å². The van der Waals surface area contributed by atoms with E-state index in [-0.39, 0.29) is 6.42 Å². The lowest BCUT2D eigenvalue weighted by molar-refractivity contribution is -0.136. The molecule has 0 fully saturated rings. The Kier molecular flexibility index (Phi) is 2.95. The molecule has 2 rings (SSSR count). The average Bonchev–Trinajstić information content (AvgIpc) is 2.61. The van der Waals surface area contributed by atoms with Crippen molar-refractivity contribution in [3.05, 3.63) is 47.5 Å². The number of benzene rings is 1. The number of aryl methyl sites for hydroxylation is 2. The molecule has 0 aliphatic rings. The van der Waals surface area contributed by atoms with Crippen LogP contribution in [0.3, 0.4) is 0 Å². The molecule has 88 valence electrons. The molecule has 0 aliphatic heterocycles. The van der Waals surface area contributed by atoms with Crippen LogP contribution in [0.1, 0.15) is 17.1 Å². The van der Waals surface area contributed by atoms with Gasteiger partial charge < -0.3 is 9.67 Å². The topological polar surface area (TPSA) is 55.1 Å². The van der Waals surface area contributed by atoms with Crippen molar-refractivity contribution < 1.29 is 9.90 Å². The van der Waals surface area contributed by atoms with Gasteiger partial charge in [0, 0.05) is 17.6 Å². The molecular formula is C13H14N2O2. The summed E-state index contributed by atoms with van der Waals surface area (Å²) in [7, 11) is 0. The van der Waals surface area contributed by atoms with Crippen molar-refractivity contribution in [2.24, 2.45) is 0 Å². The van der Waals surface area contributed by atoms with Crippen LogP contribution < -0.4 is 0 Å². The van der Waals surface area contributed by atoms with Gasteiger partial charge in [-0.1, -0.05) is 17.7 Å². The Hall–Kier alpha value is -2.10. The number of nitrogens with zero attached hydrogens (tertiary/aromatic N) is 2. The van der Waals surface area contributed by atoms with E-state index in [0.717, 1.165) is 11.4 Å². The highest BCUT2D eigenvalue weighted by Gasteiger charge is 2.11. The van der Waals surface area contributed by atoms with E-state index in [0.29, 0.717) is 5.82 Å². The minimum atomic E-state index is -0.871. The summed E-state index contributed by atoms with van der Waals surface area (Å²) in [4.78, 5) is 14.9. The van der Waals surface area contributed by atoms with Crippen LogP contribution in [0.4, 0.5) is 0 Å². The van der Waals surface area contributed by atoms with E-state index in [9.17, 15) is 4.79 Å². The summed E-state index contributed by atoms with van der Waals surface area (Å²) >= 11 is 0. The summed E-state index contributed by atoms with van der Waals surface area (Å²) in [6, 6.07) is 7.93. The maximum absolute atomic E-state index is 10.8. The summed E-state index contributed by atoms with van der Waals surface area (Å²) in [5, 5.41) is 8.84. The Labute approximate surface area is 99.5 Å². The summed E-state index contributed by atoms with van der Waals surface area (Å²) in [5.41, 5.74) is 3.05. The van der Waals surface area contributed by atoms with Crippen LogP contribution in [0.25, 0.3) is 5.69 Å². The second-order valence-corrected chi connectivity index (χ2v) is 4.06. The van der Waals surface area contributed by atoms with Crippen molar-refractivity contribution in [1.29, 1.82) is 0 Å². The molecule has 0 bridgehead atoms. The van der Waals surface area contributed by atoms with Gasteiger partial charge in [0.15, 0.2) is 0 Å². The van der Waals surface area contributed by atoms with E-state index in [1.807, 2.05) is 42.7 Å². The third-order valence-electron chi connectivity index (χ3n) is 2.61. The number of hydrogen-bond donors (Lipinski definition) is 1. The van der Waals surface area contributed by atoms with Crippen LogP contribution in [0.5, 0.6) is 0 Å². The van der Waals surface area contributed by atoms with Gasteiger partial charge >= 0.3 is 5.97 Å². The van der Waals surface area contributed by atoms with Crippen molar-refractivity contribution in [3.8, 4) is 5.69 Å². The molecule has 2 aromatic rings. The molecule has 0 amide bonds. The number of carboxylic acids is 1. The molecule has 0 spiro atoms. The fraction of sp³-hybridized carbons (Fsp3) is 0.231. The number of imidazole rings is 1. The van der Waals surface area contributed by atoms with Gasteiger partial charge in [0.2, 0.25) is 0 Å². The Morgan fingerprint density at radius 3 is 2.53 bits per heavy atom. The maximum Gasteiger partial charge on any atom is 0.311 e. The van der Waals surface area contributed by atoms with Crippen LogP contribution >= 0.6 is 0 Å². The number of rotatable bonds is 3. The largest absolute Gasteiger partial charge is 0.481 e. The summed E-state index contributed by atoms with van der Waals surface area (Å²) < 4.78 is 1.87. The fourth-order valence-corrected chi connectivity index (χ4v) is 1.79. The molecule has 4 nitrogen and oxygen atoms in total. The maximum atomic E-state index is 10.8. The lowest BCUT2D eigenvalue weighted by Crippen LogP contribution is -2.09. The molecule has 0 saturated heterocycles. The van der Waals surface area contributed by atoms with Crippen molar-refractivity contribution in [3.63, 3.8) is 0 Å². The van der Waals surface area contributed by atoms with E-state index in [2.05, 4.69) is 4.98 Å². The first-order valence-electron chi connectivity index (χ1n) is 5.40. The molecule has 1 aromatic heterocycles. The van der Waals surface area contributed by atoms with Gasteiger partial charge in [0.1, 0.15) is 12.2 Å². The summed E-state index contributed by atoms with van der Waals surface area (Å²) in [6.45, 7) is 3.93. The molecule has 1 heterocycles. The molecule has 4 heteroatoms. The highest BCUT2D eigenvalue weighted by atomic mass is 16.4. The van der Waals surface area contributed by atoms with Gasteiger partial charge in [0.05, 0.1) is 0 Å². The SMILES string of the molecule is Cc1ccc(-n2c(C)cnc2CC(=O)O)cc1. The molecule has 1 N–H and O–H groups in total. The molecule has 17 heavy (non-hydrogen) atoms. The van der Waals surface area contributed by atoms with Crippen molar-refractivity contribution in [2.75, 3.05) is 0 Å². The highest BCUT2D eigenvalue weighted by Crippen LogP contribution is 2.15. The van der Waals surface area contributed by atoms with Crippen LogP contribution in [-0.2, 0) is 11.2 Å². The van der Waals surface area contributed by atoms with Crippen molar-refractivity contribution >= 4 is 5.97 Å². The normalized spacial score (nSPS) is 10.5. The molecule has 0 radical (unpaired) electrons. The average molecular weight is 230 g/mol. The number of carboxylic acid groups (broad SMARTS) is 1. The summed E-state index contributed by atoms with van der Waals surface area (Å²) in [6.07, 6.45) is 1.62. The minimum absolute atomic E-state index is 0.0677. The lowest BCUT2D eigenvalue weighted by Gasteiger charge is -2.09. The Morgan fingerprint density at radius 2 is 1.94 bits per heavy atom. The zero-order chi connectivity index (χ0) is 12.4. The van der Waals surface area contributed by atoms with Crippen LogP contribution in [0, 0.1) is 13.8 Å². The number of carbonyl (C=O) groups is 1. The quantitative estimate of drug-likeness (QED) is 0.878. The Morgan fingerprint density at radius 1 is 1.29 bits per heavy atom. The van der Waals surface area contributed by atoms with E-state index >= 15 is 0 Å². The van der Waals surface area contributed by atoms with E-state index in [1.54, 1.807) is 6.20 Å². The van der Waals surface area contributed by atoms with Gasteiger partial charge in [0.25, 0.3) is 0 Å².